The first-order valence-electron chi connectivity index (χ1n) is 4.70. The lowest BCUT2D eigenvalue weighted by atomic mass is 9.86. The normalized spacial score (nSPS) is 22.9. The average Bonchev–Trinajstić information content (AvgIpc) is 2.32. The second kappa shape index (κ2) is 2.98. The zero-order valence-electron chi connectivity index (χ0n) is 8.44. The summed E-state index contributed by atoms with van der Waals surface area (Å²) in [6.07, 6.45) is -0.917. The number of halogens is 3. The van der Waals surface area contributed by atoms with Crippen molar-refractivity contribution in [2.24, 2.45) is 0 Å². The number of hydrogen-bond acceptors (Lipinski definition) is 1. The Hall–Kier alpha value is -1.03. The highest BCUT2D eigenvalue weighted by Crippen LogP contribution is 2.47. The Kier molecular flexibility index (Phi) is 2.08. The van der Waals surface area contributed by atoms with E-state index in [1.54, 1.807) is 13.8 Å². The third kappa shape index (κ3) is 1.35. The number of aliphatic hydroxyl groups excluding tert-OH is 1. The van der Waals surface area contributed by atoms with E-state index in [0.717, 1.165) is 0 Å². The van der Waals surface area contributed by atoms with Crippen LogP contribution in [0.4, 0.5) is 13.2 Å². The van der Waals surface area contributed by atoms with Gasteiger partial charge in [-0.05, 0) is 11.8 Å². The van der Waals surface area contributed by atoms with Crippen molar-refractivity contribution < 1.29 is 18.3 Å². The lowest BCUT2D eigenvalue weighted by Crippen LogP contribution is -2.15. The van der Waals surface area contributed by atoms with Crippen LogP contribution in [-0.2, 0) is 5.41 Å². The molecule has 1 N–H and O–H groups in total. The van der Waals surface area contributed by atoms with Crippen LogP contribution in [0.25, 0.3) is 0 Å². The van der Waals surface area contributed by atoms with Crippen LogP contribution in [0.3, 0.4) is 0 Å². The maximum Gasteiger partial charge on any atom is 0.165 e. The Morgan fingerprint density at radius 1 is 1.27 bits per heavy atom. The highest BCUT2D eigenvalue weighted by Gasteiger charge is 2.41. The molecule has 0 saturated heterocycles. The van der Waals surface area contributed by atoms with Crippen molar-refractivity contribution in [3.63, 3.8) is 0 Å². The van der Waals surface area contributed by atoms with E-state index in [1.807, 2.05) is 0 Å². The molecule has 0 aromatic heterocycles. The Morgan fingerprint density at radius 3 is 2.47 bits per heavy atom. The third-order valence-electron chi connectivity index (χ3n) is 2.92. The minimum Gasteiger partial charge on any atom is -0.388 e. The summed E-state index contributed by atoms with van der Waals surface area (Å²) in [6.45, 7) is 3.39. The van der Waals surface area contributed by atoms with Crippen LogP contribution in [-0.4, -0.2) is 5.11 Å². The molecule has 0 fully saturated rings. The molecule has 1 aliphatic carbocycles. The Bertz CT molecular complexity index is 426. The van der Waals surface area contributed by atoms with Gasteiger partial charge in [-0.15, -0.1) is 0 Å². The van der Waals surface area contributed by atoms with Gasteiger partial charge in [0.05, 0.1) is 6.10 Å². The molecule has 1 nitrogen and oxygen atoms in total. The van der Waals surface area contributed by atoms with Gasteiger partial charge < -0.3 is 5.11 Å². The van der Waals surface area contributed by atoms with Gasteiger partial charge >= 0.3 is 0 Å². The molecular weight excluding hydrogens is 205 g/mol. The van der Waals surface area contributed by atoms with Crippen LogP contribution in [0.1, 0.15) is 37.5 Å². The summed E-state index contributed by atoms with van der Waals surface area (Å²) in [5.74, 6) is -3.17. The van der Waals surface area contributed by atoms with Crippen molar-refractivity contribution in [3.05, 3.63) is 34.6 Å². The summed E-state index contributed by atoms with van der Waals surface area (Å²) < 4.78 is 39.8. The fourth-order valence-electron chi connectivity index (χ4n) is 2.30. The largest absolute Gasteiger partial charge is 0.388 e. The molecule has 1 aliphatic rings. The van der Waals surface area contributed by atoms with Crippen LogP contribution in [0.15, 0.2) is 6.07 Å². The van der Waals surface area contributed by atoms with Crippen LogP contribution in [0, 0.1) is 17.5 Å². The zero-order valence-corrected chi connectivity index (χ0v) is 8.44. The van der Waals surface area contributed by atoms with Crippen molar-refractivity contribution in [1.29, 1.82) is 0 Å². The van der Waals surface area contributed by atoms with Gasteiger partial charge in [0.1, 0.15) is 5.82 Å². The molecule has 4 heteroatoms. The first kappa shape index (κ1) is 10.5. The second-order valence-corrected chi connectivity index (χ2v) is 4.55. The van der Waals surface area contributed by atoms with Crippen molar-refractivity contribution in [1.82, 2.24) is 0 Å². The molecule has 0 aliphatic heterocycles. The number of fused-ring (bicyclic) bond motifs is 1. The van der Waals surface area contributed by atoms with Gasteiger partial charge in [-0.3, -0.25) is 0 Å². The predicted molar refractivity (Wildman–Crippen MR) is 48.9 cm³/mol. The highest BCUT2D eigenvalue weighted by atomic mass is 19.2. The van der Waals surface area contributed by atoms with E-state index in [1.165, 1.54) is 0 Å². The zero-order chi connectivity index (χ0) is 11.4. The van der Waals surface area contributed by atoms with Crippen LogP contribution < -0.4 is 0 Å². The van der Waals surface area contributed by atoms with Crippen LogP contribution in [0.2, 0.25) is 0 Å². The van der Waals surface area contributed by atoms with E-state index in [4.69, 9.17) is 0 Å². The predicted octanol–water partition coefficient (Wildman–Crippen LogP) is 2.82. The quantitative estimate of drug-likeness (QED) is 0.661. The van der Waals surface area contributed by atoms with Crippen LogP contribution in [0.5, 0.6) is 0 Å². The molecule has 0 unspecified atom stereocenters. The average molecular weight is 216 g/mol. The lowest BCUT2D eigenvalue weighted by Gasteiger charge is -2.19. The van der Waals surface area contributed by atoms with Crippen molar-refractivity contribution in [2.75, 3.05) is 0 Å². The fourth-order valence-corrected chi connectivity index (χ4v) is 2.30. The first-order valence-corrected chi connectivity index (χ1v) is 4.70. The molecule has 0 spiro atoms. The minimum atomic E-state index is -1.25. The van der Waals surface area contributed by atoms with Crippen molar-refractivity contribution in [2.45, 2.75) is 31.8 Å². The number of aliphatic hydroxyl groups is 1. The summed E-state index contributed by atoms with van der Waals surface area (Å²) in [5, 5.41) is 9.57. The molecule has 0 bridgehead atoms. The molecule has 0 radical (unpaired) electrons. The van der Waals surface area contributed by atoms with Gasteiger partial charge in [0.15, 0.2) is 11.6 Å². The van der Waals surface area contributed by atoms with Gasteiger partial charge in [-0.2, -0.15) is 0 Å². The number of hydrogen-bond donors (Lipinski definition) is 1. The van der Waals surface area contributed by atoms with E-state index in [9.17, 15) is 18.3 Å². The molecule has 1 atom stereocenters. The van der Waals surface area contributed by atoms with Crippen molar-refractivity contribution >= 4 is 0 Å². The van der Waals surface area contributed by atoms with Gasteiger partial charge in [-0.25, -0.2) is 13.2 Å². The molecule has 0 saturated carbocycles. The highest BCUT2D eigenvalue weighted by molar-refractivity contribution is 5.42. The lowest BCUT2D eigenvalue weighted by molar-refractivity contribution is 0.157. The maximum absolute atomic E-state index is 13.5. The molecule has 1 aromatic rings. The van der Waals surface area contributed by atoms with Gasteiger partial charge in [0.2, 0.25) is 0 Å². The Balaban J connectivity index is 2.78. The fraction of sp³-hybridized carbons (Fsp3) is 0.455. The van der Waals surface area contributed by atoms with E-state index in [0.29, 0.717) is 6.07 Å². The monoisotopic (exact) mass is 216 g/mol. The first-order chi connectivity index (χ1) is 6.84. The van der Waals surface area contributed by atoms with Gasteiger partial charge in [0.25, 0.3) is 0 Å². The molecule has 1 aromatic carbocycles. The Morgan fingerprint density at radius 2 is 1.87 bits per heavy atom. The minimum absolute atomic E-state index is 0.0916. The summed E-state index contributed by atoms with van der Waals surface area (Å²) in [7, 11) is 0. The Labute approximate surface area is 85.5 Å². The molecular formula is C11H11F3O. The van der Waals surface area contributed by atoms with E-state index < -0.39 is 29.0 Å². The smallest absolute Gasteiger partial charge is 0.165 e. The number of benzene rings is 1. The van der Waals surface area contributed by atoms with Crippen LogP contribution >= 0.6 is 0 Å². The maximum atomic E-state index is 13.5. The second-order valence-electron chi connectivity index (χ2n) is 4.55. The molecule has 2 rings (SSSR count). The molecule has 0 heterocycles. The van der Waals surface area contributed by atoms with Crippen molar-refractivity contribution in [3.8, 4) is 0 Å². The summed E-state index contributed by atoms with van der Waals surface area (Å²) in [4.78, 5) is 0. The summed E-state index contributed by atoms with van der Waals surface area (Å²) >= 11 is 0. The standard InChI is InChI=1S/C11H11F3O/c1-11(2)4-7(15)8-9(11)5(12)3-6(13)10(8)14/h3,7,15H,4H2,1-2H3/t7-/m1/s1. The number of rotatable bonds is 0. The van der Waals surface area contributed by atoms with Gasteiger partial charge in [-0.1, -0.05) is 13.8 Å². The van der Waals surface area contributed by atoms with E-state index in [-0.39, 0.29) is 17.5 Å². The van der Waals surface area contributed by atoms with E-state index in [2.05, 4.69) is 0 Å². The molecule has 0 amide bonds. The SMILES string of the molecule is CC1(C)C[C@@H](O)c2c(F)c(F)cc(F)c21. The topological polar surface area (TPSA) is 20.2 Å². The summed E-state index contributed by atoms with van der Waals surface area (Å²) in [5.41, 5.74) is -0.792. The third-order valence-corrected chi connectivity index (χ3v) is 2.92. The molecule has 15 heavy (non-hydrogen) atoms. The molecule has 82 valence electrons. The van der Waals surface area contributed by atoms with Gasteiger partial charge in [0, 0.05) is 17.2 Å². The van der Waals surface area contributed by atoms with E-state index >= 15 is 0 Å². The summed E-state index contributed by atoms with van der Waals surface area (Å²) in [6, 6.07) is 0.536.